The number of halogens is 1. The van der Waals surface area contributed by atoms with E-state index in [2.05, 4.69) is 5.10 Å². The van der Waals surface area contributed by atoms with Crippen LogP contribution in [0.3, 0.4) is 0 Å². The van der Waals surface area contributed by atoms with Gasteiger partial charge < -0.3 is 0 Å². The van der Waals surface area contributed by atoms with Crippen molar-refractivity contribution in [1.82, 2.24) is 9.78 Å². The molecule has 0 aliphatic heterocycles. The molecule has 0 N–H and O–H groups in total. The molecule has 14 heavy (non-hydrogen) atoms. The predicted octanol–water partition coefficient (Wildman–Crippen LogP) is 2.22. The zero-order chi connectivity index (χ0) is 9.97. The van der Waals surface area contributed by atoms with E-state index in [9.17, 15) is 4.79 Å². The van der Waals surface area contributed by atoms with Crippen LogP contribution in [0.2, 0.25) is 5.02 Å². The summed E-state index contributed by atoms with van der Waals surface area (Å²) >= 11 is 5.87. The monoisotopic (exact) mass is 206 g/mol. The summed E-state index contributed by atoms with van der Waals surface area (Å²) in [4.78, 5) is 11.7. The zero-order valence-corrected chi connectivity index (χ0v) is 7.98. The molecule has 2 rings (SSSR count). The Morgan fingerprint density at radius 3 is 2.71 bits per heavy atom. The second-order valence-corrected chi connectivity index (χ2v) is 3.14. The van der Waals surface area contributed by atoms with Crippen LogP contribution in [0.5, 0.6) is 0 Å². The van der Waals surface area contributed by atoms with Crippen LogP contribution in [0.15, 0.2) is 42.7 Å². The highest BCUT2D eigenvalue weighted by Crippen LogP contribution is 2.15. The summed E-state index contributed by atoms with van der Waals surface area (Å²) in [6.45, 7) is 0. The van der Waals surface area contributed by atoms with Crippen LogP contribution in [-0.4, -0.2) is 15.7 Å². The van der Waals surface area contributed by atoms with E-state index in [-0.39, 0.29) is 5.91 Å². The van der Waals surface area contributed by atoms with Gasteiger partial charge >= 0.3 is 0 Å². The second kappa shape index (κ2) is 3.64. The van der Waals surface area contributed by atoms with Gasteiger partial charge in [0.25, 0.3) is 5.91 Å². The molecular weight excluding hydrogens is 200 g/mol. The third-order valence-corrected chi connectivity index (χ3v) is 2.15. The second-order valence-electron chi connectivity index (χ2n) is 2.74. The number of carbonyl (C=O) groups excluding carboxylic acids is 1. The minimum Gasteiger partial charge on any atom is -0.267 e. The van der Waals surface area contributed by atoms with E-state index in [4.69, 9.17) is 11.6 Å². The Hall–Kier alpha value is -1.61. The predicted molar refractivity (Wildman–Crippen MR) is 53.4 cm³/mol. The Balaban J connectivity index is 2.42. The summed E-state index contributed by atoms with van der Waals surface area (Å²) < 4.78 is 1.25. The molecule has 2 aromatic rings. The highest BCUT2D eigenvalue weighted by Gasteiger charge is 2.10. The van der Waals surface area contributed by atoms with Crippen molar-refractivity contribution in [2.24, 2.45) is 0 Å². The smallest absolute Gasteiger partial charge is 0.267 e. The molecule has 1 aromatic carbocycles. The number of rotatable bonds is 1. The van der Waals surface area contributed by atoms with E-state index in [1.165, 1.54) is 4.68 Å². The fourth-order valence-electron chi connectivity index (χ4n) is 1.15. The van der Waals surface area contributed by atoms with Gasteiger partial charge in [0.15, 0.2) is 0 Å². The molecule has 0 aliphatic rings. The topological polar surface area (TPSA) is 34.9 Å². The van der Waals surface area contributed by atoms with Crippen molar-refractivity contribution >= 4 is 17.5 Å². The fourth-order valence-corrected chi connectivity index (χ4v) is 1.36. The van der Waals surface area contributed by atoms with Gasteiger partial charge in [-0.2, -0.15) is 5.10 Å². The first-order valence-electron chi connectivity index (χ1n) is 4.08. The molecule has 0 radical (unpaired) electrons. The van der Waals surface area contributed by atoms with Gasteiger partial charge in [0, 0.05) is 12.4 Å². The van der Waals surface area contributed by atoms with Gasteiger partial charge in [0.05, 0.1) is 10.6 Å². The maximum atomic E-state index is 11.7. The van der Waals surface area contributed by atoms with Crippen molar-refractivity contribution in [3.8, 4) is 0 Å². The molecule has 0 fully saturated rings. The van der Waals surface area contributed by atoms with Gasteiger partial charge in [-0.1, -0.05) is 23.7 Å². The molecule has 3 nitrogen and oxygen atoms in total. The highest BCUT2D eigenvalue weighted by atomic mass is 35.5. The summed E-state index contributed by atoms with van der Waals surface area (Å²) in [6, 6.07) is 8.59. The molecule has 1 aromatic heterocycles. The van der Waals surface area contributed by atoms with Gasteiger partial charge in [-0.05, 0) is 18.2 Å². The minimum atomic E-state index is -0.222. The standard InChI is InChI=1S/C10H7ClN2O/c11-9-5-2-1-4-8(9)10(14)13-7-3-6-12-13/h1-7H. The van der Waals surface area contributed by atoms with Gasteiger partial charge in [0.2, 0.25) is 0 Å². The first-order chi connectivity index (χ1) is 6.79. The van der Waals surface area contributed by atoms with E-state index in [1.807, 2.05) is 0 Å². The molecule has 0 atom stereocenters. The van der Waals surface area contributed by atoms with Crippen molar-refractivity contribution in [2.45, 2.75) is 0 Å². The number of carbonyl (C=O) groups is 1. The van der Waals surface area contributed by atoms with Gasteiger partial charge in [-0.15, -0.1) is 0 Å². The van der Waals surface area contributed by atoms with Crippen LogP contribution in [0, 0.1) is 0 Å². The van der Waals surface area contributed by atoms with Crippen molar-refractivity contribution in [3.05, 3.63) is 53.3 Å². The Morgan fingerprint density at radius 1 is 1.29 bits per heavy atom. The lowest BCUT2D eigenvalue weighted by atomic mass is 10.2. The molecule has 70 valence electrons. The Labute approximate surface area is 85.9 Å². The summed E-state index contributed by atoms with van der Waals surface area (Å²) in [5, 5.41) is 4.28. The molecule has 0 aliphatic carbocycles. The van der Waals surface area contributed by atoms with Crippen molar-refractivity contribution < 1.29 is 4.79 Å². The summed E-state index contributed by atoms with van der Waals surface area (Å²) in [7, 11) is 0. The third-order valence-electron chi connectivity index (χ3n) is 1.82. The lowest BCUT2D eigenvalue weighted by molar-refractivity contribution is 0.0945. The van der Waals surface area contributed by atoms with E-state index in [0.717, 1.165) is 0 Å². The molecular formula is C10H7ClN2O. The largest absolute Gasteiger partial charge is 0.279 e. The summed E-state index contributed by atoms with van der Waals surface area (Å²) in [6.07, 6.45) is 3.14. The van der Waals surface area contributed by atoms with Crippen LogP contribution in [0.4, 0.5) is 0 Å². The summed E-state index contributed by atoms with van der Waals surface area (Å²) in [5.41, 5.74) is 0.456. The number of hydrogen-bond acceptors (Lipinski definition) is 2. The highest BCUT2D eigenvalue weighted by molar-refractivity contribution is 6.33. The third kappa shape index (κ3) is 1.54. The van der Waals surface area contributed by atoms with Crippen LogP contribution < -0.4 is 0 Å². The van der Waals surface area contributed by atoms with Crippen LogP contribution in [0.1, 0.15) is 10.4 Å². The summed E-state index contributed by atoms with van der Waals surface area (Å²) in [5.74, 6) is -0.222. The molecule has 1 heterocycles. The van der Waals surface area contributed by atoms with Gasteiger partial charge in [-0.3, -0.25) is 4.79 Å². The van der Waals surface area contributed by atoms with Crippen molar-refractivity contribution in [2.75, 3.05) is 0 Å². The normalized spacial score (nSPS) is 10.1. The average molecular weight is 207 g/mol. The zero-order valence-electron chi connectivity index (χ0n) is 7.22. The number of hydrogen-bond donors (Lipinski definition) is 0. The molecule has 0 spiro atoms. The quantitative estimate of drug-likeness (QED) is 0.717. The number of nitrogens with zero attached hydrogens (tertiary/aromatic N) is 2. The van der Waals surface area contributed by atoms with E-state index < -0.39 is 0 Å². The van der Waals surface area contributed by atoms with Crippen LogP contribution >= 0.6 is 11.6 Å². The van der Waals surface area contributed by atoms with Gasteiger partial charge in [-0.25, -0.2) is 4.68 Å². The molecule has 0 saturated carbocycles. The lowest BCUT2D eigenvalue weighted by Crippen LogP contribution is -2.12. The molecule has 0 unspecified atom stereocenters. The Kier molecular flexibility index (Phi) is 2.33. The molecule has 4 heteroatoms. The first kappa shape index (κ1) is 8.97. The lowest BCUT2D eigenvalue weighted by Gasteiger charge is -2.01. The Morgan fingerprint density at radius 2 is 2.07 bits per heavy atom. The van der Waals surface area contributed by atoms with Crippen molar-refractivity contribution in [1.29, 1.82) is 0 Å². The molecule has 0 bridgehead atoms. The van der Waals surface area contributed by atoms with E-state index >= 15 is 0 Å². The average Bonchev–Trinajstić information content (AvgIpc) is 2.70. The van der Waals surface area contributed by atoms with Crippen LogP contribution in [-0.2, 0) is 0 Å². The molecule has 0 saturated heterocycles. The maximum Gasteiger partial charge on any atom is 0.279 e. The minimum absolute atomic E-state index is 0.222. The van der Waals surface area contributed by atoms with Crippen LogP contribution in [0.25, 0.3) is 0 Å². The maximum absolute atomic E-state index is 11.7. The van der Waals surface area contributed by atoms with Crippen molar-refractivity contribution in [3.63, 3.8) is 0 Å². The SMILES string of the molecule is O=C(c1ccccc1Cl)n1cccn1. The number of aromatic nitrogens is 2. The first-order valence-corrected chi connectivity index (χ1v) is 4.46. The van der Waals surface area contributed by atoms with E-state index in [0.29, 0.717) is 10.6 Å². The number of benzene rings is 1. The Bertz CT molecular complexity index is 451. The van der Waals surface area contributed by atoms with Gasteiger partial charge in [0.1, 0.15) is 0 Å². The van der Waals surface area contributed by atoms with E-state index in [1.54, 1.807) is 42.7 Å². The fraction of sp³-hybridized carbons (Fsp3) is 0. The molecule has 0 amide bonds.